The molecule has 0 spiro atoms. The summed E-state index contributed by atoms with van der Waals surface area (Å²) >= 11 is 0. The zero-order valence-corrected chi connectivity index (χ0v) is 11.5. The van der Waals surface area contributed by atoms with Gasteiger partial charge in [0.15, 0.2) is 0 Å². The van der Waals surface area contributed by atoms with Gasteiger partial charge in [0.1, 0.15) is 0 Å². The molecule has 0 aliphatic carbocycles. The van der Waals surface area contributed by atoms with Crippen LogP contribution in [0.15, 0.2) is 0 Å². The summed E-state index contributed by atoms with van der Waals surface area (Å²) in [6.45, 7) is 5.89. The van der Waals surface area contributed by atoms with Gasteiger partial charge in [-0.25, -0.2) is 0 Å². The second-order valence-corrected chi connectivity index (χ2v) is 5.18. The van der Waals surface area contributed by atoms with Crippen molar-refractivity contribution in [3.63, 3.8) is 0 Å². The highest BCUT2D eigenvalue weighted by Gasteiger charge is 2.21. The van der Waals surface area contributed by atoms with Gasteiger partial charge in [-0.2, -0.15) is 0 Å². The molecule has 1 aliphatic heterocycles. The van der Waals surface area contributed by atoms with Crippen molar-refractivity contribution in [2.24, 2.45) is 0 Å². The van der Waals surface area contributed by atoms with E-state index in [1.165, 1.54) is 6.42 Å². The SMILES string of the molecule is CCCN(CCN(C)C)C(=O)CC1CCCN1. The number of nitrogens with one attached hydrogen (secondary N) is 1. The van der Waals surface area contributed by atoms with Gasteiger partial charge in [0.25, 0.3) is 0 Å². The van der Waals surface area contributed by atoms with Gasteiger partial charge in [-0.15, -0.1) is 0 Å². The van der Waals surface area contributed by atoms with Gasteiger partial charge in [0, 0.05) is 32.1 Å². The summed E-state index contributed by atoms with van der Waals surface area (Å²) in [5.74, 6) is 0.313. The molecule has 0 aromatic rings. The van der Waals surface area contributed by atoms with Gasteiger partial charge in [-0.1, -0.05) is 6.92 Å². The maximum absolute atomic E-state index is 12.2. The lowest BCUT2D eigenvalue weighted by Crippen LogP contribution is -2.40. The Morgan fingerprint density at radius 3 is 2.59 bits per heavy atom. The molecule has 1 atom stereocenters. The van der Waals surface area contributed by atoms with Gasteiger partial charge >= 0.3 is 0 Å². The zero-order chi connectivity index (χ0) is 12.7. The van der Waals surface area contributed by atoms with Gasteiger partial charge in [0.05, 0.1) is 0 Å². The summed E-state index contributed by atoms with van der Waals surface area (Å²) < 4.78 is 0. The maximum Gasteiger partial charge on any atom is 0.224 e. The first-order chi connectivity index (χ1) is 8.13. The van der Waals surface area contributed by atoms with Crippen LogP contribution in [0.5, 0.6) is 0 Å². The first-order valence-corrected chi connectivity index (χ1v) is 6.79. The van der Waals surface area contributed by atoms with Crippen LogP contribution in [0.3, 0.4) is 0 Å². The van der Waals surface area contributed by atoms with Gasteiger partial charge in [-0.05, 0) is 39.9 Å². The van der Waals surface area contributed by atoms with E-state index in [1.807, 2.05) is 19.0 Å². The Labute approximate surface area is 105 Å². The summed E-state index contributed by atoms with van der Waals surface area (Å²) in [5.41, 5.74) is 0. The molecule has 4 heteroatoms. The van der Waals surface area contributed by atoms with Crippen LogP contribution in [0.2, 0.25) is 0 Å². The van der Waals surface area contributed by atoms with Crippen molar-refractivity contribution in [2.75, 3.05) is 40.3 Å². The molecular weight excluding hydrogens is 214 g/mol. The van der Waals surface area contributed by atoms with E-state index in [0.717, 1.165) is 39.0 Å². The largest absolute Gasteiger partial charge is 0.341 e. The molecule has 4 nitrogen and oxygen atoms in total. The minimum absolute atomic E-state index is 0.313. The molecule has 100 valence electrons. The van der Waals surface area contributed by atoms with Crippen LogP contribution >= 0.6 is 0 Å². The minimum Gasteiger partial charge on any atom is -0.341 e. The summed E-state index contributed by atoms with van der Waals surface area (Å²) in [4.78, 5) is 16.3. The number of likely N-dealkylation sites (N-methyl/N-ethyl adjacent to an activating group) is 1. The summed E-state index contributed by atoms with van der Waals surface area (Å²) in [6.07, 6.45) is 4.08. The molecule has 1 aliphatic rings. The molecule has 17 heavy (non-hydrogen) atoms. The standard InChI is InChI=1S/C13H27N3O/c1-4-8-16(10-9-15(2)3)13(17)11-12-6-5-7-14-12/h12,14H,4-11H2,1-3H3. The maximum atomic E-state index is 12.2. The summed E-state index contributed by atoms with van der Waals surface area (Å²) in [6, 6.07) is 0.418. The number of hydrogen-bond donors (Lipinski definition) is 1. The van der Waals surface area contributed by atoms with Gasteiger partial charge in [-0.3, -0.25) is 4.79 Å². The number of carbonyl (C=O) groups excluding carboxylic acids is 1. The van der Waals surface area contributed by atoms with Crippen molar-refractivity contribution >= 4 is 5.91 Å². The summed E-state index contributed by atoms with van der Waals surface area (Å²) in [5, 5.41) is 3.39. The number of hydrogen-bond acceptors (Lipinski definition) is 3. The molecular formula is C13H27N3O. The Hall–Kier alpha value is -0.610. The molecule has 1 N–H and O–H groups in total. The van der Waals surface area contributed by atoms with Crippen LogP contribution in [0.1, 0.15) is 32.6 Å². The average molecular weight is 241 g/mol. The third-order valence-corrected chi connectivity index (χ3v) is 3.25. The lowest BCUT2D eigenvalue weighted by Gasteiger charge is -2.25. The average Bonchev–Trinajstić information content (AvgIpc) is 2.76. The highest BCUT2D eigenvalue weighted by Crippen LogP contribution is 2.10. The molecule has 0 bridgehead atoms. The van der Waals surface area contributed by atoms with Crippen molar-refractivity contribution in [3.8, 4) is 0 Å². The fourth-order valence-electron chi connectivity index (χ4n) is 2.22. The predicted molar refractivity (Wildman–Crippen MR) is 71.1 cm³/mol. The minimum atomic E-state index is 0.313. The fraction of sp³-hybridized carbons (Fsp3) is 0.923. The number of nitrogens with zero attached hydrogens (tertiary/aromatic N) is 2. The lowest BCUT2D eigenvalue weighted by molar-refractivity contribution is -0.131. The van der Waals surface area contributed by atoms with Crippen LogP contribution in [0.4, 0.5) is 0 Å². The smallest absolute Gasteiger partial charge is 0.224 e. The van der Waals surface area contributed by atoms with E-state index in [4.69, 9.17) is 0 Å². The van der Waals surface area contributed by atoms with E-state index < -0.39 is 0 Å². The van der Waals surface area contributed by atoms with E-state index in [0.29, 0.717) is 18.4 Å². The normalized spacial score (nSPS) is 19.9. The van der Waals surface area contributed by atoms with E-state index in [9.17, 15) is 4.79 Å². The molecule has 1 heterocycles. The topological polar surface area (TPSA) is 35.6 Å². The second kappa shape index (κ2) is 7.67. The molecule has 0 saturated carbocycles. The van der Waals surface area contributed by atoms with Crippen LogP contribution in [-0.2, 0) is 4.79 Å². The Balaban J connectivity index is 2.35. The predicted octanol–water partition coefficient (Wildman–Crippen LogP) is 0.929. The van der Waals surface area contributed by atoms with Crippen LogP contribution in [0.25, 0.3) is 0 Å². The Morgan fingerprint density at radius 1 is 1.29 bits per heavy atom. The summed E-state index contributed by atoms with van der Waals surface area (Å²) in [7, 11) is 4.10. The molecule has 1 unspecified atom stereocenters. The monoisotopic (exact) mass is 241 g/mol. The van der Waals surface area contributed by atoms with Gasteiger partial charge in [0.2, 0.25) is 5.91 Å². The van der Waals surface area contributed by atoms with Crippen molar-refractivity contribution in [1.29, 1.82) is 0 Å². The third-order valence-electron chi connectivity index (χ3n) is 3.25. The number of amides is 1. The zero-order valence-electron chi connectivity index (χ0n) is 11.5. The Bertz CT molecular complexity index is 225. The van der Waals surface area contributed by atoms with Crippen LogP contribution in [0, 0.1) is 0 Å². The highest BCUT2D eigenvalue weighted by atomic mass is 16.2. The van der Waals surface area contributed by atoms with Crippen molar-refractivity contribution < 1.29 is 4.79 Å². The molecule has 0 aromatic heterocycles. The van der Waals surface area contributed by atoms with Crippen molar-refractivity contribution in [1.82, 2.24) is 15.1 Å². The van der Waals surface area contributed by atoms with Crippen LogP contribution < -0.4 is 5.32 Å². The molecule has 1 fully saturated rings. The van der Waals surface area contributed by atoms with E-state index in [-0.39, 0.29) is 0 Å². The van der Waals surface area contributed by atoms with Crippen molar-refractivity contribution in [3.05, 3.63) is 0 Å². The fourth-order valence-corrected chi connectivity index (χ4v) is 2.22. The van der Waals surface area contributed by atoms with Gasteiger partial charge < -0.3 is 15.1 Å². The molecule has 1 amide bonds. The van der Waals surface area contributed by atoms with E-state index >= 15 is 0 Å². The Kier molecular flexibility index (Phi) is 6.52. The highest BCUT2D eigenvalue weighted by molar-refractivity contribution is 5.76. The number of carbonyl (C=O) groups is 1. The second-order valence-electron chi connectivity index (χ2n) is 5.18. The molecule has 1 rings (SSSR count). The van der Waals surface area contributed by atoms with E-state index in [1.54, 1.807) is 0 Å². The molecule has 1 saturated heterocycles. The third kappa shape index (κ3) is 5.50. The molecule has 0 aromatic carbocycles. The Morgan fingerprint density at radius 2 is 2.06 bits per heavy atom. The quantitative estimate of drug-likeness (QED) is 0.720. The van der Waals surface area contributed by atoms with E-state index in [2.05, 4.69) is 17.1 Å². The lowest BCUT2D eigenvalue weighted by atomic mass is 10.1. The van der Waals surface area contributed by atoms with Crippen molar-refractivity contribution in [2.45, 2.75) is 38.6 Å². The van der Waals surface area contributed by atoms with Crippen LogP contribution in [-0.4, -0.2) is 62.0 Å². The number of rotatable bonds is 7. The first-order valence-electron chi connectivity index (χ1n) is 6.79. The molecule has 0 radical (unpaired) electrons. The first kappa shape index (κ1) is 14.5.